The highest BCUT2D eigenvalue weighted by molar-refractivity contribution is 7.72. The molecular formula is C17H25N2O8P. The Morgan fingerprint density at radius 3 is 2.54 bits per heavy atom. The van der Waals surface area contributed by atoms with E-state index in [4.69, 9.17) is 4.74 Å². The number of hydrogen-bond acceptors (Lipinski definition) is 8. The van der Waals surface area contributed by atoms with Crippen LogP contribution in [0.25, 0.3) is 0 Å². The Hall–Kier alpha value is -2.00. The second kappa shape index (κ2) is 8.57. The van der Waals surface area contributed by atoms with Gasteiger partial charge in [-0.1, -0.05) is 0 Å². The number of aromatic amines is 1. The van der Waals surface area contributed by atoms with Gasteiger partial charge in [0.05, 0.1) is 6.10 Å². The average molecular weight is 416 g/mol. The predicted molar refractivity (Wildman–Crippen MR) is 104 cm³/mol. The first-order valence-corrected chi connectivity index (χ1v) is 11.7. The van der Waals surface area contributed by atoms with Crippen LogP contribution in [-0.2, 0) is 14.3 Å². The highest BCUT2D eigenvalue weighted by atomic mass is 31.2. The first-order valence-electron chi connectivity index (χ1n) is 8.61. The van der Waals surface area contributed by atoms with Crippen molar-refractivity contribution in [1.29, 1.82) is 0 Å². The summed E-state index contributed by atoms with van der Waals surface area (Å²) in [7, 11) is 0. The van der Waals surface area contributed by atoms with Crippen molar-refractivity contribution in [2.24, 2.45) is 0 Å². The van der Waals surface area contributed by atoms with Gasteiger partial charge in [0.25, 0.3) is 5.56 Å². The number of esters is 1. The van der Waals surface area contributed by atoms with Gasteiger partial charge in [0.2, 0.25) is 5.78 Å². The molecule has 28 heavy (non-hydrogen) atoms. The number of aromatic nitrogens is 2. The maximum absolute atomic E-state index is 12.2. The summed E-state index contributed by atoms with van der Waals surface area (Å²) in [4.78, 5) is 49.0. The molecule has 1 saturated heterocycles. The molecule has 156 valence electrons. The summed E-state index contributed by atoms with van der Waals surface area (Å²) in [5.41, 5.74) is -2.29. The molecule has 0 saturated carbocycles. The van der Waals surface area contributed by atoms with Crippen LogP contribution >= 0.6 is 6.89 Å². The van der Waals surface area contributed by atoms with Gasteiger partial charge in [-0.2, -0.15) is 0 Å². The van der Waals surface area contributed by atoms with Gasteiger partial charge < -0.3 is 19.7 Å². The molecule has 0 aromatic carbocycles. The highest BCUT2D eigenvalue weighted by Crippen LogP contribution is 2.39. The molecule has 1 fully saturated rings. The minimum absolute atomic E-state index is 0.431. The highest BCUT2D eigenvalue weighted by Gasteiger charge is 2.44. The topological polar surface area (TPSA) is 148 Å². The second-order valence-electron chi connectivity index (χ2n) is 7.41. The van der Waals surface area contributed by atoms with E-state index in [1.807, 2.05) is 18.3 Å². The summed E-state index contributed by atoms with van der Waals surface area (Å²) in [6.45, 7) is 3.10. The molecule has 0 spiro atoms. The minimum Gasteiger partial charge on any atom is -0.457 e. The lowest BCUT2D eigenvalue weighted by Gasteiger charge is -2.19. The van der Waals surface area contributed by atoms with Crippen LogP contribution in [0.1, 0.15) is 29.9 Å². The molecule has 1 aliphatic heterocycles. The molecule has 1 aromatic rings. The van der Waals surface area contributed by atoms with Gasteiger partial charge in [0.15, 0.2) is 12.8 Å². The number of aliphatic hydroxyl groups is 2. The Morgan fingerprint density at radius 1 is 1.32 bits per heavy atom. The van der Waals surface area contributed by atoms with E-state index in [9.17, 15) is 29.4 Å². The minimum atomic E-state index is -1.43. The van der Waals surface area contributed by atoms with E-state index >= 15 is 0 Å². The van der Waals surface area contributed by atoms with Gasteiger partial charge in [-0.15, -0.1) is 13.2 Å². The van der Waals surface area contributed by atoms with Gasteiger partial charge >= 0.3 is 11.7 Å². The van der Waals surface area contributed by atoms with Crippen molar-refractivity contribution < 1.29 is 29.3 Å². The Morgan fingerprint density at radius 2 is 1.96 bits per heavy atom. The van der Waals surface area contributed by atoms with Crippen LogP contribution in [0.2, 0.25) is 0 Å². The van der Waals surface area contributed by atoms with Crippen molar-refractivity contribution in [1.82, 2.24) is 9.55 Å². The van der Waals surface area contributed by atoms with Gasteiger partial charge in [0, 0.05) is 13.1 Å². The number of ketones is 1. The van der Waals surface area contributed by atoms with E-state index in [-0.39, 0.29) is 0 Å². The number of nitrogens with one attached hydrogen (secondary N) is 1. The second-order valence-corrected chi connectivity index (χ2v) is 11.7. The number of nitrogens with zero attached hydrogens (tertiary/aromatic N) is 1. The molecule has 0 amide bonds. The van der Waals surface area contributed by atoms with Crippen LogP contribution < -0.4 is 11.2 Å². The molecule has 1 aliphatic rings. The lowest BCUT2D eigenvalue weighted by molar-refractivity contribution is -0.139. The number of carbonyl (C=O) groups excluding carboxylic acids is 2. The van der Waals surface area contributed by atoms with E-state index < -0.39 is 66.6 Å². The molecule has 1 unspecified atom stereocenters. The molecule has 0 radical (unpaired) electrons. The maximum Gasteiger partial charge on any atom is 0.330 e. The van der Waals surface area contributed by atoms with Crippen LogP contribution in [-0.4, -0.2) is 82.2 Å². The molecule has 1 aromatic heterocycles. The van der Waals surface area contributed by atoms with Gasteiger partial charge in [-0.25, -0.2) is 4.79 Å². The molecule has 2 rings (SSSR count). The fourth-order valence-electron chi connectivity index (χ4n) is 2.79. The third-order valence-electron chi connectivity index (χ3n) is 4.31. The summed E-state index contributed by atoms with van der Waals surface area (Å²) in [6, 6.07) is 0. The van der Waals surface area contributed by atoms with Crippen LogP contribution in [0, 0.1) is 0 Å². The number of rotatable bonds is 7. The zero-order valence-electron chi connectivity index (χ0n) is 16.0. The molecule has 2 heterocycles. The van der Waals surface area contributed by atoms with Crippen molar-refractivity contribution >= 4 is 24.9 Å². The number of H-pyrrole nitrogens is 1. The van der Waals surface area contributed by atoms with Gasteiger partial charge in [0.1, 0.15) is 17.8 Å². The Labute approximate surface area is 161 Å². The van der Waals surface area contributed by atoms with Crippen molar-refractivity contribution in [3.63, 3.8) is 0 Å². The Balaban J connectivity index is 2.29. The van der Waals surface area contributed by atoms with Crippen molar-refractivity contribution in [2.45, 2.75) is 37.9 Å². The van der Waals surface area contributed by atoms with Crippen LogP contribution in [0.4, 0.5) is 0 Å². The van der Waals surface area contributed by atoms with E-state index in [2.05, 4.69) is 11.0 Å². The third kappa shape index (κ3) is 5.29. The molecule has 10 nitrogen and oxygen atoms in total. The normalized spacial score (nSPS) is 24.9. The molecule has 0 aliphatic carbocycles. The van der Waals surface area contributed by atoms with Crippen LogP contribution in [0.5, 0.6) is 0 Å². The average Bonchev–Trinajstić information content (AvgIpc) is 2.85. The summed E-state index contributed by atoms with van der Waals surface area (Å²) in [5, 5.41) is 20.6. The first-order chi connectivity index (χ1) is 12.9. The summed E-state index contributed by atoms with van der Waals surface area (Å²) in [6.07, 6.45) is 1.49. The molecule has 4 atom stereocenters. The van der Waals surface area contributed by atoms with E-state index in [0.29, 0.717) is 12.6 Å². The van der Waals surface area contributed by atoms with Crippen LogP contribution in [0.3, 0.4) is 0 Å². The fraction of sp³-hybridized carbons (Fsp3) is 0.588. The van der Waals surface area contributed by atoms with Crippen molar-refractivity contribution in [3.8, 4) is 0 Å². The fourth-order valence-corrected chi connectivity index (χ4v) is 3.75. The summed E-state index contributed by atoms with van der Waals surface area (Å²) in [5.74, 6) is -1.52. The maximum atomic E-state index is 12.2. The lowest BCUT2D eigenvalue weighted by Crippen LogP contribution is -2.39. The predicted octanol–water partition coefficient (Wildman–Crippen LogP) is -0.999. The summed E-state index contributed by atoms with van der Waals surface area (Å²) >= 11 is 0. The summed E-state index contributed by atoms with van der Waals surface area (Å²) < 4.78 is 11.1. The number of Topliss-reactive ketones (excluding diaryl/α,β-unsaturated/α-hetero) is 1. The van der Waals surface area contributed by atoms with Gasteiger partial charge in [-0.05, 0) is 25.9 Å². The Bertz CT molecular complexity index is 914. The number of aliphatic hydroxyl groups excluding tert-OH is 2. The lowest BCUT2D eigenvalue weighted by atomic mass is 10.1. The third-order valence-corrected chi connectivity index (χ3v) is 5.77. The number of carbonyl (C=O) groups is 2. The van der Waals surface area contributed by atoms with Crippen molar-refractivity contribution in [3.05, 3.63) is 32.6 Å². The molecule has 11 heteroatoms. The molecule has 0 bridgehead atoms. The zero-order valence-corrected chi connectivity index (χ0v) is 16.8. The van der Waals surface area contributed by atoms with Gasteiger partial charge in [-0.3, -0.25) is 23.9 Å². The quantitative estimate of drug-likeness (QED) is 0.291. The molecular weight excluding hydrogens is 391 g/mol. The van der Waals surface area contributed by atoms with E-state index in [1.54, 1.807) is 0 Å². The smallest absolute Gasteiger partial charge is 0.330 e. The molecule has 3 N–H and O–H groups in total. The standard InChI is InChI=1S/C17H25N2O8P/c1-9(20)26-8-11(21)10-7-19(17(25)18-15(10)24)16-14(23)13(22)12(27-16)5-6-28(2,3)4/h7,12-14,16,22-23H,2,5-6,8H2,1,3-4H3,(H,18,24,25)/t12-,13-,14-,16?/m1/s1. The monoisotopic (exact) mass is 416 g/mol. The Kier molecular flexibility index (Phi) is 6.82. The number of hydrogen-bond donors (Lipinski definition) is 3. The van der Waals surface area contributed by atoms with E-state index in [0.717, 1.165) is 17.7 Å². The first kappa shape index (κ1) is 22.3. The van der Waals surface area contributed by atoms with Crippen LogP contribution in [0.15, 0.2) is 15.8 Å². The van der Waals surface area contributed by atoms with Crippen molar-refractivity contribution in [2.75, 3.05) is 26.1 Å². The largest absolute Gasteiger partial charge is 0.457 e. The number of ether oxygens (including phenoxy) is 2. The SMILES string of the molecule is C=P(C)(C)CC[C@H]1OC(n2cc(C(=O)COC(C)=O)c(=O)[nH]c2=O)[C@H](O)[C@@H]1O. The zero-order chi connectivity index (χ0) is 21.2. The van der Waals surface area contributed by atoms with E-state index in [1.165, 1.54) is 0 Å².